The highest BCUT2D eigenvalue weighted by Crippen LogP contribution is 2.35. The third-order valence-corrected chi connectivity index (χ3v) is 7.08. The molecule has 1 unspecified atom stereocenters. The number of hydrogen-bond acceptors (Lipinski definition) is 8. The van der Waals surface area contributed by atoms with Crippen molar-refractivity contribution in [3.05, 3.63) is 77.3 Å². The summed E-state index contributed by atoms with van der Waals surface area (Å²) in [6.07, 6.45) is 5.69. The molecule has 3 aliphatic heterocycles. The van der Waals surface area contributed by atoms with Gasteiger partial charge in [-0.25, -0.2) is 8.78 Å². The fourth-order valence-corrected chi connectivity index (χ4v) is 4.81. The quantitative estimate of drug-likeness (QED) is 0.512. The number of likely N-dealkylation sites (N-methyl/N-ethyl adjacent to an activating group) is 1. The van der Waals surface area contributed by atoms with Crippen LogP contribution in [-0.2, 0) is 4.74 Å². The highest BCUT2D eigenvalue weighted by molar-refractivity contribution is 5.97. The van der Waals surface area contributed by atoms with Gasteiger partial charge in [0.05, 0.1) is 31.8 Å². The van der Waals surface area contributed by atoms with Gasteiger partial charge < -0.3 is 35.1 Å². The topological polar surface area (TPSA) is 92.5 Å². The summed E-state index contributed by atoms with van der Waals surface area (Å²) in [5, 5.41) is 3.25. The van der Waals surface area contributed by atoms with E-state index in [4.69, 9.17) is 19.9 Å². The number of hydrogen-bond donors (Lipinski definition) is 2. The Morgan fingerprint density at radius 3 is 2.41 bits per heavy atom. The minimum Gasteiger partial charge on any atom is -0.494 e. The van der Waals surface area contributed by atoms with Crippen LogP contribution in [0.15, 0.2) is 60.1 Å². The summed E-state index contributed by atoms with van der Waals surface area (Å²) >= 11 is 0. The van der Waals surface area contributed by atoms with Crippen LogP contribution in [0.4, 0.5) is 25.8 Å². The Kier molecular flexibility index (Phi) is 7.34. The molecule has 11 heteroatoms. The number of halogens is 2. The van der Waals surface area contributed by atoms with Crippen LogP contribution in [0.5, 0.6) is 11.5 Å². The number of piperazine rings is 1. The number of carbonyl (C=O) groups excluding carboxylic acids is 1. The van der Waals surface area contributed by atoms with E-state index in [1.165, 1.54) is 26.6 Å². The van der Waals surface area contributed by atoms with Crippen molar-refractivity contribution >= 4 is 23.0 Å². The van der Waals surface area contributed by atoms with E-state index in [0.717, 1.165) is 49.4 Å². The maximum Gasteiger partial charge on any atom is 0.268 e. The number of nitrogens with one attached hydrogen (secondary N) is 1. The molecule has 5 rings (SSSR count). The molecule has 9 nitrogen and oxygen atoms in total. The van der Waals surface area contributed by atoms with Gasteiger partial charge in [0.25, 0.3) is 5.91 Å². The van der Waals surface area contributed by atoms with Gasteiger partial charge in [0.1, 0.15) is 11.3 Å². The van der Waals surface area contributed by atoms with Crippen LogP contribution in [0.1, 0.15) is 17.3 Å². The zero-order chi connectivity index (χ0) is 27.7. The Morgan fingerprint density at radius 2 is 1.79 bits per heavy atom. The van der Waals surface area contributed by atoms with Gasteiger partial charge in [0.2, 0.25) is 0 Å². The molecule has 0 bridgehead atoms. The maximum atomic E-state index is 14.9. The number of methoxy groups -OCH3 is 2. The molecule has 2 aromatic rings. The third kappa shape index (κ3) is 5.09. The fraction of sp³-hybridized carbons (Fsp3) is 0.321. The normalized spacial score (nSPS) is 18.7. The summed E-state index contributed by atoms with van der Waals surface area (Å²) < 4.78 is 45.6. The van der Waals surface area contributed by atoms with Crippen LogP contribution in [0, 0.1) is 11.6 Å². The average molecular weight is 540 g/mol. The predicted molar refractivity (Wildman–Crippen MR) is 145 cm³/mol. The highest BCUT2D eigenvalue weighted by Gasteiger charge is 2.31. The summed E-state index contributed by atoms with van der Waals surface area (Å²) in [5.41, 5.74) is 8.64. The molecular formula is C28H31F2N5O4. The van der Waals surface area contributed by atoms with Gasteiger partial charge in [-0.1, -0.05) is 6.92 Å². The zero-order valence-corrected chi connectivity index (χ0v) is 22.0. The number of anilines is 3. The van der Waals surface area contributed by atoms with E-state index in [9.17, 15) is 13.6 Å². The van der Waals surface area contributed by atoms with Crippen LogP contribution < -0.4 is 25.4 Å². The summed E-state index contributed by atoms with van der Waals surface area (Å²) in [6, 6.07) is 6.95. The number of rotatable bonds is 7. The Labute approximate surface area is 225 Å². The van der Waals surface area contributed by atoms with Crippen molar-refractivity contribution in [1.29, 1.82) is 0 Å². The summed E-state index contributed by atoms with van der Waals surface area (Å²) in [5.74, 6) is -3.43. The number of allylic oxidation sites excluding steroid dienone is 1. The molecule has 1 atom stereocenters. The van der Waals surface area contributed by atoms with E-state index in [0.29, 0.717) is 22.7 Å². The van der Waals surface area contributed by atoms with E-state index in [2.05, 4.69) is 22.0 Å². The van der Waals surface area contributed by atoms with Crippen molar-refractivity contribution < 1.29 is 27.8 Å². The predicted octanol–water partition coefficient (Wildman–Crippen LogP) is 3.91. The van der Waals surface area contributed by atoms with E-state index < -0.39 is 29.3 Å². The van der Waals surface area contributed by atoms with Gasteiger partial charge >= 0.3 is 0 Å². The number of nitrogens with zero attached hydrogens (tertiary/aromatic N) is 3. The molecule has 206 valence electrons. The minimum absolute atomic E-state index is 0.306. The lowest BCUT2D eigenvalue weighted by molar-refractivity contribution is 0.0848. The third-order valence-electron chi connectivity index (χ3n) is 7.08. The second kappa shape index (κ2) is 10.9. The molecular weight excluding hydrogens is 508 g/mol. The Hall–Kier alpha value is -4.25. The molecule has 0 aliphatic carbocycles. The first-order valence-corrected chi connectivity index (χ1v) is 12.7. The van der Waals surface area contributed by atoms with Gasteiger partial charge in [-0.2, -0.15) is 0 Å². The molecule has 0 spiro atoms. The Balaban J connectivity index is 1.28. The van der Waals surface area contributed by atoms with Gasteiger partial charge in [-0.05, 0) is 36.9 Å². The zero-order valence-electron chi connectivity index (χ0n) is 22.0. The van der Waals surface area contributed by atoms with Crippen molar-refractivity contribution in [2.45, 2.75) is 13.2 Å². The molecule has 1 amide bonds. The van der Waals surface area contributed by atoms with Crippen molar-refractivity contribution in [3.63, 3.8) is 0 Å². The summed E-state index contributed by atoms with van der Waals surface area (Å²) in [7, 11) is 2.44. The summed E-state index contributed by atoms with van der Waals surface area (Å²) in [4.78, 5) is 18.9. The molecule has 0 saturated carbocycles. The molecule has 3 aliphatic rings. The highest BCUT2D eigenvalue weighted by atomic mass is 19.1. The number of ether oxygens (including phenoxy) is 3. The van der Waals surface area contributed by atoms with Gasteiger partial charge in [0.15, 0.2) is 29.4 Å². The molecule has 0 aromatic heterocycles. The largest absolute Gasteiger partial charge is 0.494 e. The second-order valence-electron chi connectivity index (χ2n) is 9.30. The van der Waals surface area contributed by atoms with Crippen LogP contribution in [0.25, 0.3) is 0 Å². The molecule has 39 heavy (non-hydrogen) atoms. The van der Waals surface area contributed by atoms with Gasteiger partial charge in [-0.15, -0.1) is 0 Å². The van der Waals surface area contributed by atoms with Crippen molar-refractivity contribution in [1.82, 2.24) is 9.80 Å². The number of fused-ring (bicyclic) bond motifs is 1. The standard InChI is InChI=1S/C28H31F2N5O4/c1-4-33-9-11-34(12-10-33)18-5-6-20(19(31)14-18)32-24-13-17-7-8-35(16-23(17)39-24)28(36)25-26(29)21(37-2)15-22(38-3)27(25)30/h5-8,13-16,24,32H,4,9-12,31H2,1-3H3. The van der Waals surface area contributed by atoms with Crippen LogP contribution in [0.2, 0.25) is 0 Å². The Bertz CT molecular complexity index is 1340. The Morgan fingerprint density at radius 1 is 1.10 bits per heavy atom. The van der Waals surface area contributed by atoms with E-state index in [1.54, 1.807) is 6.08 Å². The first-order chi connectivity index (χ1) is 18.8. The second-order valence-corrected chi connectivity index (χ2v) is 9.30. The lowest BCUT2D eigenvalue weighted by Crippen LogP contribution is -2.46. The first-order valence-electron chi connectivity index (χ1n) is 12.7. The fourth-order valence-electron chi connectivity index (χ4n) is 4.81. The van der Waals surface area contributed by atoms with Crippen LogP contribution >= 0.6 is 0 Å². The average Bonchev–Trinajstić information content (AvgIpc) is 3.36. The number of amides is 1. The van der Waals surface area contributed by atoms with Crippen molar-refractivity contribution in [3.8, 4) is 11.5 Å². The minimum atomic E-state index is -1.12. The number of nitrogens with two attached hydrogens (primary N) is 1. The molecule has 1 fully saturated rings. The number of benzene rings is 2. The van der Waals surface area contributed by atoms with Gasteiger partial charge in [-0.3, -0.25) is 9.69 Å². The smallest absolute Gasteiger partial charge is 0.268 e. The lowest BCUT2D eigenvalue weighted by Gasteiger charge is -2.35. The van der Waals surface area contributed by atoms with E-state index in [1.807, 2.05) is 24.3 Å². The summed E-state index contributed by atoms with van der Waals surface area (Å²) in [6.45, 7) is 7.16. The van der Waals surface area contributed by atoms with Crippen LogP contribution in [-0.4, -0.2) is 68.9 Å². The molecule has 3 heterocycles. The van der Waals surface area contributed by atoms with Gasteiger partial charge in [0, 0.05) is 49.7 Å². The van der Waals surface area contributed by atoms with Crippen LogP contribution in [0.3, 0.4) is 0 Å². The molecule has 0 radical (unpaired) electrons. The maximum absolute atomic E-state index is 14.9. The monoisotopic (exact) mass is 539 g/mol. The SMILES string of the molecule is CCN1CCN(c2ccc(NC3C=C4C=CN(C(=O)c5c(F)c(OC)cc(OC)c5F)C=C4O3)c(N)c2)CC1. The molecule has 2 aromatic carbocycles. The van der Waals surface area contributed by atoms with Crippen molar-refractivity contribution in [2.75, 3.05) is 62.9 Å². The number of carbonyl (C=O) groups is 1. The number of nitrogen functional groups attached to an aromatic ring is 1. The van der Waals surface area contributed by atoms with E-state index >= 15 is 0 Å². The lowest BCUT2D eigenvalue weighted by atomic mass is 10.1. The first kappa shape index (κ1) is 26.4. The van der Waals surface area contributed by atoms with E-state index in [-0.39, 0.29) is 11.5 Å². The molecule has 3 N–H and O–H groups in total. The van der Waals surface area contributed by atoms with Crippen molar-refractivity contribution in [2.24, 2.45) is 0 Å². The molecule has 1 saturated heterocycles.